The van der Waals surface area contributed by atoms with E-state index < -0.39 is 23.9 Å². The topological polar surface area (TPSA) is 223 Å². The van der Waals surface area contributed by atoms with E-state index in [9.17, 15) is 24.0 Å². The number of aryl methyl sites for hydroxylation is 2. The monoisotopic (exact) mass is 935 g/mol. The van der Waals surface area contributed by atoms with Gasteiger partial charge in [0.2, 0.25) is 17.6 Å². The Labute approximate surface area is 388 Å². The molecule has 8 rings (SSSR count). The summed E-state index contributed by atoms with van der Waals surface area (Å²) in [4.78, 5) is 69.8. The van der Waals surface area contributed by atoms with Gasteiger partial charge in [0.25, 0.3) is 11.8 Å². The lowest BCUT2D eigenvalue weighted by Crippen LogP contribution is -2.56. The lowest BCUT2D eigenvalue weighted by molar-refractivity contribution is -0.124. The quantitative estimate of drug-likeness (QED) is 0.0717. The minimum Gasteiger partial charge on any atom is -0.493 e. The van der Waals surface area contributed by atoms with Crippen molar-refractivity contribution in [1.82, 2.24) is 40.7 Å². The number of rotatable bonds is 16. The van der Waals surface area contributed by atoms with Crippen LogP contribution in [0.1, 0.15) is 80.9 Å². The maximum absolute atomic E-state index is 13.4. The van der Waals surface area contributed by atoms with Gasteiger partial charge >= 0.3 is 6.03 Å². The van der Waals surface area contributed by atoms with Gasteiger partial charge in [-0.1, -0.05) is 29.8 Å². The molecule has 5 heterocycles. The van der Waals surface area contributed by atoms with Crippen molar-refractivity contribution < 1.29 is 38.2 Å². The number of nitrogens with zero attached hydrogens (tertiary/aromatic N) is 8. The molecule has 342 valence electrons. The number of hydrogen-bond donors (Lipinski definition) is 3. The number of aliphatic imine (C=N–C) groups is 1. The number of hydrogen-bond acceptors (Lipinski definition) is 14. The van der Waals surface area contributed by atoms with Crippen molar-refractivity contribution in [2.45, 2.75) is 59.0 Å². The van der Waals surface area contributed by atoms with Gasteiger partial charge in [-0.05, 0) is 63.4 Å². The van der Waals surface area contributed by atoms with Crippen LogP contribution in [0.3, 0.4) is 0 Å². The van der Waals surface area contributed by atoms with Crippen LogP contribution in [0.5, 0.6) is 17.2 Å². The highest BCUT2D eigenvalue weighted by atomic mass is 35.5. The molecule has 0 saturated carbocycles. The van der Waals surface area contributed by atoms with Gasteiger partial charge in [0.15, 0.2) is 23.9 Å². The summed E-state index contributed by atoms with van der Waals surface area (Å²) in [5, 5.41) is 29.8. The molecule has 1 unspecified atom stereocenters. The lowest BCUT2D eigenvalue weighted by Gasteiger charge is -2.33. The summed E-state index contributed by atoms with van der Waals surface area (Å²) in [7, 11) is 2.87. The van der Waals surface area contributed by atoms with Crippen LogP contribution in [0.4, 0.5) is 16.2 Å². The highest BCUT2D eigenvalue weighted by Crippen LogP contribution is 2.43. The fourth-order valence-electron chi connectivity index (χ4n) is 7.83. The van der Waals surface area contributed by atoms with Crippen molar-refractivity contribution in [3.8, 4) is 22.2 Å². The van der Waals surface area contributed by atoms with E-state index in [1.54, 1.807) is 41.7 Å². The van der Waals surface area contributed by atoms with Crippen LogP contribution in [0, 0.1) is 20.8 Å². The van der Waals surface area contributed by atoms with Gasteiger partial charge in [0.1, 0.15) is 16.9 Å². The smallest absolute Gasteiger partial charge is 0.342 e. The number of carbonyl (C=O) groups excluding carboxylic acids is 5. The van der Waals surface area contributed by atoms with E-state index in [-0.39, 0.29) is 61.6 Å². The van der Waals surface area contributed by atoms with E-state index in [0.717, 1.165) is 32.3 Å². The summed E-state index contributed by atoms with van der Waals surface area (Å²) >= 11 is 7.88. The fourth-order valence-corrected chi connectivity index (χ4v) is 9.17. The Morgan fingerprint density at radius 2 is 1.64 bits per heavy atom. The summed E-state index contributed by atoms with van der Waals surface area (Å²) in [5.74, 6) is 0.627. The molecule has 3 N–H and O–H groups in total. The number of fused-ring (bicyclic) bond motifs is 4. The predicted molar refractivity (Wildman–Crippen MR) is 244 cm³/mol. The minimum absolute atomic E-state index is 0.0651. The maximum atomic E-state index is 13.4. The average Bonchev–Trinajstić information content (AvgIpc) is 3.92. The molecule has 2 aromatic heterocycles. The molecule has 21 heteroatoms. The van der Waals surface area contributed by atoms with Crippen molar-refractivity contribution in [3.63, 3.8) is 0 Å². The fraction of sp³-hybridized carbons (Fsp3) is 0.333. The van der Waals surface area contributed by atoms with Gasteiger partial charge in [-0.15, -0.1) is 21.5 Å². The number of nitrogens with one attached hydrogen (secondary N) is 3. The molecule has 0 bridgehead atoms. The predicted octanol–water partition coefficient (Wildman–Crippen LogP) is 6.53. The third kappa shape index (κ3) is 9.32. The van der Waals surface area contributed by atoms with Crippen LogP contribution in [0.25, 0.3) is 5.00 Å². The molecule has 1 atom stereocenters. The number of hydrazine groups is 1. The Hall–Kier alpha value is -7.19. The second-order valence-corrected chi connectivity index (χ2v) is 17.2. The van der Waals surface area contributed by atoms with E-state index in [1.165, 1.54) is 24.2 Å². The number of ether oxygens (including phenoxy) is 3. The summed E-state index contributed by atoms with van der Waals surface area (Å²) in [6.45, 7) is 6.61. The molecule has 1 fully saturated rings. The Morgan fingerprint density at radius 3 is 2.33 bits per heavy atom. The molecule has 0 aliphatic carbocycles. The zero-order chi connectivity index (χ0) is 46.6. The highest BCUT2D eigenvalue weighted by molar-refractivity contribution is 7.15. The standard InChI is InChI=1S/C45H46ClN11O8S/c1-24-25(2)66-44-39(24)40(27-11-13-28(46)14-12-27)49-33(42-54-51-26(3)57(42)44)21-37(59)47-16-6-7-17-48-38(60)23-65-41-34(63-4)19-29(20-35(41)64-5)52-53-32-10-8-9-30-31(32)22-56(43(30)61)55-18-15-36(58)50-45(55)62/h8-14,19-20,33H,6-7,15-18,21-23H2,1-5H3,(H,47,59)(H,48,60)(H,50,58,62). The maximum Gasteiger partial charge on any atom is 0.342 e. The molecular formula is C45H46ClN11O8S. The minimum atomic E-state index is -0.665. The number of aromatic nitrogens is 3. The number of halogens is 1. The molecule has 3 aromatic carbocycles. The number of azo groups is 1. The normalized spacial score (nSPS) is 15.5. The van der Waals surface area contributed by atoms with E-state index >= 15 is 0 Å². The number of urea groups is 1. The van der Waals surface area contributed by atoms with Crippen LogP contribution in [0.2, 0.25) is 5.02 Å². The molecular weight excluding hydrogens is 890 g/mol. The number of amides is 6. The SMILES string of the molecule is COc1cc(N=Nc2cccc3c2CN(N2CCC(=O)NC2=O)C3=O)cc(OC)c1OCC(=O)NCCCCNC(=O)CC1N=C(c2ccc(Cl)cc2)c2c(sc(C)c2C)-n2c(C)nnc21. The summed E-state index contributed by atoms with van der Waals surface area (Å²) < 4.78 is 19.0. The third-order valence-corrected chi connectivity index (χ3v) is 12.7. The summed E-state index contributed by atoms with van der Waals surface area (Å²) in [5.41, 5.74) is 5.45. The van der Waals surface area contributed by atoms with Crippen molar-refractivity contribution >= 4 is 69.7 Å². The number of benzene rings is 3. The number of carbonyl (C=O) groups is 5. The summed E-state index contributed by atoms with van der Waals surface area (Å²) in [6.07, 6.45) is 1.35. The van der Waals surface area contributed by atoms with Crippen molar-refractivity contribution in [2.75, 3.05) is 40.5 Å². The van der Waals surface area contributed by atoms with Gasteiger partial charge in [-0.3, -0.25) is 34.1 Å². The molecule has 3 aliphatic rings. The number of imide groups is 1. The first-order valence-electron chi connectivity index (χ1n) is 21.1. The second kappa shape index (κ2) is 19.5. The van der Waals surface area contributed by atoms with Crippen LogP contribution in [-0.2, 0) is 20.9 Å². The Morgan fingerprint density at radius 1 is 0.924 bits per heavy atom. The molecule has 5 aromatic rings. The molecule has 66 heavy (non-hydrogen) atoms. The molecule has 0 spiro atoms. The van der Waals surface area contributed by atoms with E-state index in [2.05, 4.69) is 50.2 Å². The van der Waals surface area contributed by atoms with Crippen molar-refractivity contribution in [2.24, 2.45) is 15.2 Å². The first-order chi connectivity index (χ1) is 31.8. The van der Waals surface area contributed by atoms with Crippen LogP contribution >= 0.6 is 22.9 Å². The Kier molecular flexibility index (Phi) is 13.4. The highest BCUT2D eigenvalue weighted by Gasteiger charge is 2.38. The summed E-state index contributed by atoms with van der Waals surface area (Å²) in [6, 6.07) is 14.4. The third-order valence-electron chi connectivity index (χ3n) is 11.3. The number of methoxy groups -OCH3 is 2. The largest absolute Gasteiger partial charge is 0.493 e. The average molecular weight is 936 g/mol. The van der Waals surface area contributed by atoms with Gasteiger partial charge in [-0.25, -0.2) is 14.8 Å². The van der Waals surface area contributed by atoms with E-state index in [1.807, 2.05) is 35.8 Å². The molecule has 19 nitrogen and oxygen atoms in total. The van der Waals surface area contributed by atoms with Gasteiger partial charge < -0.3 is 24.8 Å². The van der Waals surface area contributed by atoms with E-state index in [0.29, 0.717) is 65.1 Å². The van der Waals surface area contributed by atoms with E-state index in [4.69, 9.17) is 30.8 Å². The first kappa shape index (κ1) is 45.4. The van der Waals surface area contributed by atoms with Gasteiger partial charge in [0.05, 0.1) is 50.8 Å². The number of unbranched alkanes of at least 4 members (excludes halogenated alkanes) is 1. The Bertz CT molecular complexity index is 2780. The number of thiophene rings is 1. The van der Waals surface area contributed by atoms with Crippen LogP contribution in [0.15, 0.2) is 69.8 Å². The Balaban J connectivity index is 0.826. The van der Waals surface area contributed by atoms with Crippen LogP contribution < -0.4 is 30.2 Å². The van der Waals surface area contributed by atoms with Crippen molar-refractivity contribution in [1.29, 1.82) is 0 Å². The zero-order valence-electron chi connectivity index (χ0n) is 36.8. The molecule has 1 saturated heterocycles. The molecule has 6 amide bonds. The van der Waals surface area contributed by atoms with Gasteiger partial charge in [-0.2, -0.15) is 10.2 Å². The molecule has 3 aliphatic heterocycles. The van der Waals surface area contributed by atoms with Crippen molar-refractivity contribution in [3.05, 3.63) is 104 Å². The zero-order valence-corrected chi connectivity index (χ0v) is 38.3. The van der Waals surface area contributed by atoms with Gasteiger partial charge in [0, 0.05) is 63.8 Å². The molecule has 0 radical (unpaired) electrons. The lowest BCUT2D eigenvalue weighted by atomic mass is 9.99. The first-order valence-corrected chi connectivity index (χ1v) is 22.3. The van der Waals surface area contributed by atoms with Crippen LogP contribution in [-0.4, -0.2) is 101 Å². The second-order valence-electron chi connectivity index (χ2n) is 15.6.